The number of ether oxygens (including phenoxy) is 2. The zero-order valence-corrected chi connectivity index (χ0v) is 21.5. The smallest absolute Gasteiger partial charge is 0.410 e. The summed E-state index contributed by atoms with van der Waals surface area (Å²) in [6.07, 6.45) is -0.871. The van der Waals surface area contributed by atoms with Crippen LogP contribution < -0.4 is 4.74 Å². The molecule has 1 heterocycles. The Bertz CT molecular complexity index is 1220. The fourth-order valence-corrected chi connectivity index (χ4v) is 4.56. The van der Waals surface area contributed by atoms with Gasteiger partial charge in [0.2, 0.25) is 0 Å². The summed E-state index contributed by atoms with van der Waals surface area (Å²) in [5.41, 5.74) is 3.30. The third-order valence-electron chi connectivity index (χ3n) is 6.81. The lowest BCUT2D eigenvalue weighted by Gasteiger charge is -2.35. The first-order valence-electron chi connectivity index (χ1n) is 12.6. The number of hydrogen-bond donors (Lipinski definition) is 1. The minimum absolute atomic E-state index is 0.137. The molecule has 0 radical (unpaired) electrons. The van der Waals surface area contributed by atoms with Crippen LogP contribution in [-0.2, 0) is 11.3 Å². The first-order chi connectivity index (χ1) is 17.9. The van der Waals surface area contributed by atoms with Crippen molar-refractivity contribution in [2.24, 2.45) is 5.92 Å². The molecule has 2 amide bonds. The molecule has 0 aliphatic carbocycles. The number of likely N-dealkylation sites (N-methyl/N-ethyl adjacent to an activating group) is 1. The second-order valence-electron chi connectivity index (χ2n) is 9.58. The van der Waals surface area contributed by atoms with E-state index >= 15 is 0 Å². The molecule has 194 valence electrons. The number of amides is 2. The number of rotatable bonds is 5. The molecule has 3 aromatic carbocycles. The lowest BCUT2D eigenvalue weighted by Crippen LogP contribution is -2.47. The van der Waals surface area contributed by atoms with Gasteiger partial charge in [-0.1, -0.05) is 67.6 Å². The minimum atomic E-state index is -0.485. The average Bonchev–Trinajstić information content (AvgIpc) is 2.94. The van der Waals surface area contributed by atoms with Crippen LogP contribution in [0, 0.1) is 5.92 Å². The number of carbonyl (C=O) groups is 2. The Morgan fingerprint density at radius 1 is 1.03 bits per heavy atom. The lowest BCUT2D eigenvalue weighted by molar-refractivity contribution is -0.0205. The Morgan fingerprint density at radius 3 is 2.35 bits per heavy atom. The summed E-state index contributed by atoms with van der Waals surface area (Å²) in [7, 11) is 1.68. The Kier molecular flexibility index (Phi) is 8.58. The average molecular weight is 503 g/mol. The van der Waals surface area contributed by atoms with Crippen molar-refractivity contribution < 1.29 is 24.2 Å². The molecule has 0 unspecified atom stereocenters. The highest BCUT2D eigenvalue weighted by molar-refractivity contribution is 6.01. The highest BCUT2D eigenvalue weighted by Crippen LogP contribution is 2.31. The zero-order chi connectivity index (χ0) is 26.4. The van der Waals surface area contributed by atoms with Crippen molar-refractivity contribution >= 4 is 12.0 Å². The van der Waals surface area contributed by atoms with E-state index in [1.54, 1.807) is 36.2 Å². The topological polar surface area (TPSA) is 79.3 Å². The number of nitrogens with zero attached hydrogens (tertiary/aromatic N) is 2. The molecule has 7 nitrogen and oxygen atoms in total. The van der Waals surface area contributed by atoms with E-state index in [0.717, 1.165) is 16.7 Å². The Labute approximate surface area is 218 Å². The predicted molar refractivity (Wildman–Crippen MR) is 142 cm³/mol. The normalized spacial score (nSPS) is 18.7. The van der Waals surface area contributed by atoms with Crippen LogP contribution in [0.5, 0.6) is 5.75 Å². The Hall–Kier alpha value is -3.68. The summed E-state index contributed by atoms with van der Waals surface area (Å²) in [5, 5.41) is 9.97. The van der Waals surface area contributed by atoms with Gasteiger partial charge in [-0.3, -0.25) is 4.79 Å². The van der Waals surface area contributed by atoms with Gasteiger partial charge in [0.25, 0.3) is 5.91 Å². The zero-order valence-electron chi connectivity index (χ0n) is 21.5. The van der Waals surface area contributed by atoms with Crippen LogP contribution in [0.3, 0.4) is 0 Å². The van der Waals surface area contributed by atoms with Gasteiger partial charge >= 0.3 is 6.09 Å². The number of aliphatic hydroxyl groups is 1. The second-order valence-corrected chi connectivity index (χ2v) is 9.58. The third kappa shape index (κ3) is 6.18. The largest absolute Gasteiger partial charge is 0.415 e. The van der Waals surface area contributed by atoms with E-state index in [9.17, 15) is 14.7 Å². The number of para-hydroxylation sites is 1. The van der Waals surface area contributed by atoms with Gasteiger partial charge in [-0.2, -0.15) is 0 Å². The lowest BCUT2D eigenvalue weighted by atomic mass is 9.94. The summed E-state index contributed by atoms with van der Waals surface area (Å²) in [5.74, 6) is 0.189. The van der Waals surface area contributed by atoms with Gasteiger partial charge in [0, 0.05) is 25.1 Å². The van der Waals surface area contributed by atoms with Crippen molar-refractivity contribution in [1.82, 2.24) is 9.80 Å². The van der Waals surface area contributed by atoms with Gasteiger partial charge < -0.3 is 24.4 Å². The molecule has 0 aromatic heterocycles. The van der Waals surface area contributed by atoms with Gasteiger partial charge in [0.1, 0.15) is 5.75 Å². The Morgan fingerprint density at radius 2 is 1.65 bits per heavy atom. The van der Waals surface area contributed by atoms with Crippen LogP contribution in [0.2, 0.25) is 0 Å². The van der Waals surface area contributed by atoms with E-state index in [1.165, 1.54) is 4.90 Å². The second kappa shape index (κ2) is 12.0. The molecule has 0 saturated carbocycles. The molecule has 0 fully saturated rings. The molecule has 3 atom stereocenters. The van der Waals surface area contributed by atoms with Crippen molar-refractivity contribution in [3.8, 4) is 16.9 Å². The van der Waals surface area contributed by atoms with E-state index in [-0.39, 0.29) is 37.1 Å². The van der Waals surface area contributed by atoms with Crippen LogP contribution in [-0.4, -0.2) is 65.8 Å². The maximum atomic E-state index is 13.9. The van der Waals surface area contributed by atoms with Crippen molar-refractivity contribution in [2.75, 3.05) is 26.7 Å². The van der Waals surface area contributed by atoms with Gasteiger partial charge in [0.15, 0.2) is 0 Å². The highest BCUT2D eigenvalue weighted by atomic mass is 16.6. The number of fused-ring (bicyclic) bond motifs is 3. The van der Waals surface area contributed by atoms with Crippen molar-refractivity contribution in [3.05, 3.63) is 90.0 Å². The standard InChI is InChI=1S/C30H34N2O5/c1-21-17-32(22(2)19-33)29(34)27-16-10-9-15-26(27)25-14-8-7-11-23(25)20-36-28(21)18-31(3)30(35)37-24-12-5-4-6-13-24/h4-16,21-22,28,33H,17-20H2,1-3H3/t21-,22+,28-/m1/s1. The van der Waals surface area contributed by atoms with Gasteiger partial charge in [0.05, 0.1) is 31.9 Å². The molecule has 0 spiro atoms. The van der Waals surface area contributed by atoms with Crippen LogP contribution in [0.15, 0.2) is 78.9 Å². The molecular formula is C30H34N2O5. The molecule has 1 aliphatic heterocycles. The quantitative estimate of drug-likeness (QED) is 0.540. The number of aliphatic hydroxyl groups excluding tert-OH is 1. The SMILES string of the molecule is C[C@@H]1CN([C@@H](C)CO)C(=O)c2ccccc2-c2ccccc2CO[C@@H]1CN(C)C(=O)Oc1ccccc1. The summed E-state index contributed by atoms with van der Waals surface area (Å²) in [6.45, 7) is 4.63. The van der Waals surface area contributed by atoms with Crippen LogP contribution in [0.25, 0.3) is 11.1 Å². The molecule has 4 rings (SSSR count). The fraction of sp³-hybridized carbons (Fsp3) is 0.333. The van der Waals surface area contributed by atoms with E-state index < -0.39 is 6.09 Å². The summed E-state index contributed by atoms with van der Waals surface area (Å²) >= 11 is 0. The third-order valence-corrected chi connectivity index (χ3v) is 6.81. The summed E-state index contributed by atoms with van der Waals surface area (Å²) < 4.78 is 11.9. The van der Waals surface area contributed by atoms with Crippen molar-refractivity contribution in [2.45, 2.75) is 32.6 Å². The highest BCUT2D eigenvalue weighted by Gasteiger charge is 2.31. The van der Waals surface area contributed by atoms with Crippen molar-refractivity contribution in [3.63, 3.8) is 0 Å². The molecule has 0 bridgehead atoms. The van der Waals surface area contributed by atoms with Crippen LogP contribution in [0.4, 0.5) is 4.79 Å². The van der Waals surface area contributed by atoms with Crippen LogP contribution in [0.1, 0.15) is 29.8 Å². The number of benzene rings is 3. The molecule has 1 N–H and O–H groups in total. The molecule has 7 heteroatoms. The maximum absolute atomic E-state index is 13.9. The summed E-state index contributed by atoms with van der Waals surface area (Å²) in [4.78, 5) is 29.8. The first-order valence-corrected chi connectivity index (χ1v) is 12.6. The van der Waals surface area contributed by atoms with Crippen LogP contribution >= 0.6 is 0 Å². The first kappa shape index (κ1) is 26.4. The Balaban J connectivity index is 1.66. The fourth-order valence-electron chi connectivity index (χ4n) is 4.56. The molecule has 1 aliphatic rings. The molecule has 0 saturated heterocycles. The van der Waals surface area contributed by atoms with E-state index in [2.05, 4.69) is 0 Å². The van der Waals surface area contributed by atoms with Gasteiger partial charge in [-0.15, -0.1) is 0 Å². The molecular weight excluding hydrogens is 468 g/mol. The van der Waals surface area contributed by atoms with Gasteiger partial charge in [-0.05, 0) is 41.8 Å². The van der Waals surface area contributed by atoms with Crippen molar-refractivity contribution in [1.29, 1.82) is 0 Å². The predicted octanol–water partition coefficient (Wildman–Crippen LogP) is 4.84. The van der Waals surface area contributed by atoms with Gasteiger partial charge in [-0.25, -0.2) is 4.79 Å². The van der Waals surface area contributed by atoms with E-state index in [4.69, 9.17) is 9.47 Å². The van der Waals surface area contributed by atoms with E-state index in [0.29, 0.717) is 24.5 Å². The van der Waals surface area contributed by atoms with E-state index in [1.807, 2.05) is 68.4 Å². The summed E-state index contributed by atoms with van der Waals surface area (Å²) in [6, 6.07) is 24.0. The molecule has 37 heavy (non-hydrogen) atoms. The maximum Gasteiger partial charge on any atom is 0.415 e. The molecule has 3 aromatic rings. The minimum Gasteiger partial charge on any atom is -0.410 e. The number of hydrogen-bond acceptors (Lipinski definition) is 5. The monoisotopic (exact) mass is 502 g/mol. The number of carbonyl (C=O) groups excluding carboxylic acids is 2.